The van der Waals surface area contributed by atoms with Gasteiger partial charge in [-0.1, -0.05) is 35.4 Å². The molecule has 0 fully saturated rings. The molecule has 0 spiro atoms. The molecule has 0 amide bonds. The monoisotopic (exact) mass is 251 g/mol. The first-order valence-electron chi connectivity index (χ1n) is 6.00. The molecular weight excluding hydrogens is 236 g/mol. The van der Waals surface area contributed by atoms with Gasteiger partial charge in [-0.25, -0.2) is 5.43 Å². The molecule has 19 heavy (non-hydrogen) atoms. The summed E-state index contributed by atoms with van der Waals surface area (Å²) in [6.07, 6.45) is 1.70. The molecule has 0 saturated heterocycles. The first kappa shape index (κ1) is 12.8. The second-order valence-corrected chi connectivity index (χ2v) is 3.92. The van der Waals surface area contributed by atoms with E-state index >= 15 is 0 Å². The molecule has 0 aliphatic carbocycles. The Morgan fingerprint density at radius 1 is 1.21 bits per heavy atom. The van der Waals surface area contributed by atoms with E-state index in [1.54, 1.807) is 11.7 Å². The van der Waals surface area contributed by atoms with Gasteiger partial charge in [0, 0.05) is 5.56 Å². The number of nitrogens with one attached hydrogen (secondary N) is 1. The van der Waals surface area contributed by atoms with Crippen molar-refractivity contribution in [3.05, 3.63) is 54.1 Å². The van der Waals surface area contributed by atoms with Gasteiger partial charge in [0.15, 0.2) is 0 Å². The number of nitrogens with two attached hydrogens (primary N) is 1. The highest BCUT2D eigenvalue weighted by atomic mass is 15.5. The highest BCUT2D eigenvalue weighted by Gasteiger charge is 2.06. The third-order valence-electron chi connectivity index (χ3n) is 2.68. The zero-order chi connectivity index (χ0) is 13.5. The summed E-state index contributed by atoms with van der Waals surface area (Å²) in [5, 5.41) is 13.2. The van der Waals surface area contributed by atoms with Gasteiger partial charge in [0.25, 0.3) is 0 Å². The van der Waals surface area contributed by atoms with Gasteiger partial charge in [-0.05, 0) is 30.7 Å². The van der Waals surface area contributed by atoms with Gasteiger partial charge >= 0.3 is 0 Å². The Morgan fingerprint density at radius 3 is 2.68 bits per heavy atom. The number of nitrogen functional groups attached to an aromatic ring is 1. The van der Waals surface area contributed by atoms with Crippen LogP contribution in [0.2, 0.25) is 0 Å². The molecule has 0 aromatic heterocycles. The average molecular weight is 251 g/mol. The smallest absolute Gasteiger partial charge is 0.0998 e. The van der Waals surface area contributed by atoms with E-state index in [0.29, 0.717) is 5.56 Å². The quantitative estimate of drug-likeness (QED) is 0.496. The van der Waals surface area contributed by atoms with Gasteiger partial charge in [-0.3, -0.25) is 0 Å². The van der Waals surface area contributed by atoms with Crippen LogP contribution >= 0.6 is 0 Å². The molecule has 0 aliphatic rings. The van der Waals surface area contributed by atoms with Crippen LogP contribution in [0.4, 0.5) is 5.69 Å². The summed E-state index contributed by atoms with van der Waals surface area (Å²) in [6, 6.07) is 17.7. The molecule has 0 unspecified atom stereocenters. The number of rotatable bonds is 4. The molecule has 0 radical (unpaired) electrons. The number of nitriles is 1. The lowest BCUT2D eigenvalue weighted by molar-refractivity contribution is -0.631. The fourth-order valence-corrected chi connectivity index (χ4v) is 1.77. The normalized spacial score (nSPS) is 10.3. The molecule has 3 N–H and O–H groups in total. The van der Waals surface area contributed by atoms with E-state index in [2.05, 4.69) is 16.6 Å². The second-order valence-electron chi connectivity index (χ2n) is 3.92. The minimum Gasteiger partial charge on any atom is -0.214 e. The number of hydrogen-bond donors (Lipinski definition) is 2. The van der Waals surface area contributed by atoms with Gasteiger partial charge in [-0.2, -0.15) is 5.26 Å². The molecule has 4 nitrogen and oxygen atoms in total. The molecule has 0 atom stereocenters. The molecule has 0 bridgehead atoms. The van der Waals surface area contributed by atoms with Crippen LogP contribution in [-0.4, -0.2) is 6.21 Å². The molecule has 2 aromatic carbocycles. The lowest BCUT2D eigenvalue weighted by Gasteiger charge is -2.07. The van der Waals surface area contributed by atoms with Crippen LogP contribution in [-0.2, 0) is 0 Å². The maximum absolute atomic E-state index is 9.18. The van der Waals surface area contributed by atoms with Crippen LogP contribution in [0, 0.1) is 11.3 Å². The molecule has 2 rings (SSSR count). The third kappa shape index (κ3) is 3.18. The minimum absolute atomic E-state index is 0.663. The average Bonchev–Trinajstić information content (AvgIpc) is 2.48. The van der Waals surface area contributed by atoms with Crippen molar-refractivity contribution in [1.82, 2.24) is 0 Å². The van der Waals surface area contributed by atoms with Crippen molar-refractivity contribution in [1.29, 1.82) is 5.26 Å². The van der Waals surface area contributed by atoms with Gasteiger partial charge in [0.1, 0.15) is 0 Å². The number of anilines is 1. The summed E-state index contributed by atoms with van der Waals surface area (Å²) in [7, 11) is 0. The van der Waals surface area contributed by atoms with Crippen LogP contribution in [0.1, 0.15) is 12.5 Å². The lowest BCUT2D eigenvalue weighted by Crippen LogP contribution is -2.82. The summed E-state index contributed by atoms with van der Waals surface area (Å²) < 4.78 is 0. The van der Waals surface area contributed by atoms with E-state index in [-0.39, 0.29) is 0 Å². The summed E-state index contributed by atoms with van der Waals surface area (Å²) in [5.41, 5.74) is 8.21. The van der Waals surface area contributed by atoms with Crippen LogP contribution in [0.15, 0.2) is 53.6 Å². The third-order valence-corrected chi connectivity index (χ3v) is 2.68. The van der Waals surface area contributed by atoms with Crippen molar-refractivity contribution in [3.8, 4) is 17.2 Å². The largest absolute Gasteiger partial charge is 0.214 e. The highest BCUT2D eigenvalue weighted by Crippen LogP contribution is 2.25. The second kappa shape index (κ2) is 6.34. The maximum atomic E-state index is 9.18. The van der Waals surface area contributed by atoms with Crippen molar-refractivity contribution in [3.63, 3.8) is 0 Å². The van der Waals surface area contributed by atoms with Crippen LogP contribution in [0.3, 0.4) is 0 Å². The fraction of sp³-hybridized carbons (Fsp3) is 0.0667. The molecule has 2 aromatic rings. The van der Waals surface area contributed by atoms with Crippen molar-refractivity contribution in [2.45, 2.75) is 6.92 Å². The van der Waals surface area contributed by atoms with E-state index < -0.39 is 0 Å². The molecule has 4 heteroatoms. The van der Waals surface area contributed by atoms with Crippen LogP contribution < -0.4 is 11.0 Å². The summed E-state index contributed by atoms with van der Waals surface area (Å²) in [4.78, 5) is 0. The zero-order valence-corrected chi connectivity index (χ0v) is 10.7. The molecule has 94 valence electrons. The first-order chi connectivity index (χ1) is 9.35. The molecular formula is C15H15N4+. The van der Waals surface area contributed by atoms with Crippen LogP contribution in [0.5, 0.6) is 0 Å². The SMILES string of the molecule is C/C=N\[NH2+]Nc1ccc(C#N)c(-c2ccccc2)c1. The molecule has 0 aliphatic heterocycles. The number of quaternary nitrogens is 1. The Hall–Kier alpha value is -2.64. The van der Waals surface area contributed by atoms with Gasteiger partial charge in [0.05, 0.1) is 23.5 Å². The van der Waals surface area contributed by atoms with E-state index in [1.165, 1.54) is 0 Å². The summed E-state index contributed by atoms with van der Waals surface area (Å²) in [5.74, 6) is 0. The van der Waals surface area contributed by atoms with E-state index in [1.807, 2.05) is 55.5 Å². The number of hydrogen-bond acceptors (Lipinski definition) is 3. The maximum Gasteiger partial charge on any atom is 0.0998 e. The van der Waals surface area contributed by atoms with Gasteiger partial charge in [-0.15, -0.1) is 5.53 Å². The van der Waals surface area contributed by atoms with Crippen molar-refractivity contribution < 1.29 is 5.53 Å². The molecule has 0 heterocycles. The number of nitrogens with zero attached hydrogens (tertiary/aromatic N) is 2. The topological polar surface area (TPSA) is 64.8 Å². The lowest BCUT2D eigenvalue weighted by atomic mass is 10.00. The van der Waals surface area contributed by atoms with Crippen molar-refractivity contribution >= 4 is 11.9 Å². The van der Waals surface area contributed by atoms with Crippen molar-refractivity contribution in [2.24, 2.45) is 5.10 Å². The highest BCUT2D eigenvalue weighted by molar-refractivity contribution is 5.74. The Balaban J connectivity index is 2.35. The standard InChI is InChI=1S/C15H14N4/c1-2-17-19-18-14-9-8-13(11-16)15(10-14)12-6-4-3-5-7-12/h2-10,18-19H,1H3/p+1/b17-2-. The van der Waals surface area contributed by atoms with E-state index in [9.17, 15) is 5.26 Å². The minimum atomic E-state index is 0.663. The number of benzene rings is 2. The predicted octanol–water partition coefficient (Wildman–Crippen LogP) is 2.12. The zero-order valence-electron chi connectivity index (χ0n) is 10.7. The Bertz CT molecular complexity index is 612. The van der Waals surface area contributed by atoms with E-state index in [0.717, 1.165) is 16.8 Å². The van der Waals surface area contributed by atoms with E-state index in [4.69, 9.17) is 0 Å². The summed E-state index contributed by atoms with van der Waals surface area (Å²) in [6.45, 7) is 1.85. The fourth-order valence-electron chi connectivity index (χ4n) is 1.77. The van der Waals surface area contributed by atoms with Gasteiger partial charge in [0.2, 0.25) is 0 Å². The Labute approximate surface area is 112 Å². The first-order valence-corrected chi connectivity index (χ1v) is 6.00. The van der Waals surface area contributed by atoms with Gasteiger partial charge < -0.3 is 0 Å². The summed E-state index contributed by atoms with van der Waals surface area (Å²) >= 11 is 0. The molecule has 0 saturated carbocycles. The Kier molecular flexibility index (Phi) is 4.27. The van der Waals surface area contributed by atoms with Crippen molar-refractivity contribution in [2.75, 3.05) is 5.43 Å². The Morgan fingerprint density at radius 2 is 2.00 bits per heavy atom. The van der Waals surface area contributed by atoms with Crippen LogP contribution in [0.25, 0.3) is 11.1 Å². The predicted molar refractivity (Wildman–Crippen MR) is 76.3 cm³/mol.